The van der Waals surface area contributed by atoms with Gasteiger partial charge in [-0.05, 0) is 6.07 Å². The Bertz CT molecular complexity index is 369. The van der Waals surface area contributed by atoms with Crippen LogP contribution in [0.1, 0.15) is 11.1 Å². The van der Waals surface area contributed by atoms with Crippen LogP contribution in [0.15, 0.2) is 18.2 Å². The van der Waals surface area contributed by atoms with E-state index >= 15 is 0 Å². The zero-order valence-corrected chi connectivity index (χ0v) is 9.13. The highest BCUT2D eigenvalue weighted by molar-refractivity contribution is 5.95. The smallest absolute Gasteiger partial charge is 0.139 e. The molecule has 0 fully saturated rings. The van der Waals surface area contributed by atoms with E-state index in [2.05, 4.69) is 0 Å². The molecule has 0 heterocycles. The first-order valence-electron chi connectivity index (χ1n) is 4.85. The number of halogens is 1. The first-order chi connectivity index (χ1) is 7.66. The number of nitrogens with two attached hydrogens (primary N) is 1. The fourth-order valence-corrected chi connectivity index (χ4v) is 1.22. The fraction of sp³-hybridized carbons (Fsp3) is 0.364. The van der Waals surface area contributed by atoms with Gasteiger partial charge in [-0.1, -0.05) is 12.1 Å². The van der Waals surface area contributed by atoms with E-state index in [9.17, 15) is 4.39 Å². The van der Waals surface area contributed by atoms with Crippen molar-refractivity contribution in [1.29, 1.82) is 5.41 Å². The van der Waals surface area contributed by atoms with Crippen molar-refractivity contribution in [3.63, 3.8) is 0 Å². The van der Waals surface area contributed by atoms with Crippen LogP contribution in [0.5, 0.6) is 0 Å². The summed E-state index contributed by atoms with van der Waals surface area (Å²) < 4.78 is 23.7. The largest absolute Gasteiger partial charge is 0.384 e. The van der Waals surface area contributed by atoms with E-state index in [0.29, 0.717) is 18.8 Å². The van der Waals surface area contributed by atoms with Crippen LogP contribution < -0.4 is 5.73 Å². The van der Waals surface area contributed by atoms with E-state index in [1.807, 2.05) is 0 Å². The maximum Gasteiger partial charge on any atom is 0.139 e. The normalized spacial score (nSPS) is 10.4. The van der Waals surface area contributed by atoms with Crippen molar-refractivity contribution in [2.24, 2.45) is 5.73 Å². The predicted molar refractivity (Wildman–Crippen MR) is 58.9 cm³/mol. The van der Waals surface area contributed by atoms with Gasteiger partial charge < -0.3 is 15.2 Å². The van der Waals surface area contributed by atoms with Gasteiger partial charge in [-0.2, -0.15) is 0 Å². The molecule has 0 unspecified atom stereocenters. The molecule has 0 saturated heterocycles. The van der Waals surface area contributed by atoms with Crippen molar-refractivity contribution in [3.05, 3.63) is 35.1 Å². The molecule has 0 aliphatic carbocycles. The van der Waals surface area contributed by atoms with E-state index in [1.54, 1.807) is 19.2 Å². The topological polar surface area (TPSA) is 68.3 Å². The summed E-state index contributed by atoms with van der Waals surface area (Å²) in [7, 11) is 1.57. The molecule has 88 valence electrons. The number of nitrogens with one attached hydrogen (secondary N) is 1. The average molecular weight is 226 g/mol. The first-order valence-corrected chi connectivity index (χ1v) is 4.85. The standard InChI is InChI=1S/C11H15FN2O2/c1-15-5-6-16-7-8-3-2-4-9(10(8)12)11(13)14/h2-4H,5-7H2,1H3,(H3,13,14). The summed E-state index contributed by atoms with van der Waals surface area (Å²) in [5.41, 5.74) is 5.74. The Kier molecular flexibility index (Phi) is 4.88. The molecule has 4 nitrogen and oxygen atoms in total. The molecule has 0 atom stereocenters. The molecule has 0 bridgehead atoms. The molecule has 1 aromatic rings. The van der Waals surface area contributed by atoms with Crippen LogP contribution in [0, 0.1) is 11.2 Å². The van der Waals surface area contributed by atoms with Gasteiger partial charge >= 0.3 is 0 Å². The summed E-state index contributed by atoms with van der Waals surface area (Å²) in [6, 6.07) is 4.72. The molecule has 1 rings (SSSR count). The average Bonchev–Trinajstić information content (AvgIpc) is 2.26. The predicted octanol–water partition coefficient (Wildman–Crippen LogP) is 1.27. The van der Waals surface area contributed by atoms with Gasteiger partial charge in [-0.3, -0.25) is 5.41 Å². The van der Waals surface area contributed by atoms with Crippen molar-refractivity contribution in [3.8, 4) is 0 Å². The highest BCUT2D eigenvalue weighted by atomic mass is 19.1. The summed E-state index contributed by atoms with van der Waals surface area (Å²) in [5, 5.41) is 7.19. The van der Waals surface area contributed by atoms with Crippen molar-refractivity contribution in [2.75, 3.05) is 20.3 Å². The summed E-state index contributed by atoms with van der Waals surface area (Å²) in [4.78, 5) is 0. The van der Waals surface area contributed by atoms with Gasteiger partial charge in [-0.25, -0.2) is 4.39 Å². The number of amidine groups is 1. The molecular weight excluding hydrogens is 211 g/mol. The van der Waals surface area contributed by atoms with Gasteiger partial charge in [0.2, 0.25) is 0 Å². The van der Waals surface area contributed by atoms with Gasteiger partial charge in [0.25, 0.3) is 0 Å². The van der Waals surface area contributed by atoms with Crippen LogP contribution in [0.25, 0.3) is 0 Å². The molecule has 1 aromatic carbocycles. The van der Waals surface area contributed by atoms with Crippen LogP contribution >= 0.6 is 0 Å². The second-order valence-electron chi connectivity index (χ2n) is 3.24. The molecular formula is C11H15FN2O2. The number of hydrogen-bond acceptors (Lipinski definition) is 3. The number of nitrogen functional groups attached to an aromatic ring is 1. The zero-order chi connectivity index (χ0) is 12.0. The number of methoxy groups -OCH3 is 1. The lowest BCUT2D eigenvalue weighted by Gasteiger charge is -2.07. The van der Waals surface area contributed by atoms with E-state index < -0.39 is 5.82 Å². The third kappa shape index (κ3) is 3.29. The fourth-order valence-electron chi connectivity index (χ4n) is 1.22. The quantitative estimate of drug-likeness (QED) is 0.436. The Morgan fingerprint density at radius 3 is 2.81 bits per heavy atom. The maximum absolute atomic E-state index is 13.7. The summed E-state index contributed by atoms with van der Waals surface area (Å²) in [6.45, 7) is 1.02. The van der Waals surface area contributed by atoms with Crippen LogP contribution in [0.4, 0.5) is 4.39 Å². The minimum absolute atomic E-state index is 0.104. The van der Waals surface area contributed by atoms with Gasteiger partial charge in [-0.15, -0.1) is 0 Å². The SMILES string of the molecule is COCCOCc1cccc(C(=N)N)c1F. The second-order valence-corrected chi connectivity index (χ2v) is 3.24. The van der Waals surface area contributed by atoms with Crippen molar-refractivity contribution >= 4 is 5.84 Å². The van der Waals surface area contributed by atoms with Crippen LogP contribution in [-0.4, -0.2) is 26.2 Å². The molecule has 0 spiro atoms. The number of ether oxygens (including phenoxy) is 2. The lowest BCUT2D eigenvalue weighted by atomic mass is 10.1. The Hall–Kier alpha value is -1.46. The third-order valence-corrected chi connectivity index (χ3v) is 2.06. The van der Waals surface area contributed by atoms with Gasteiger partial charge in [0.1, 0.15) is 11.7 Å². The van der Waals surface area contributed by atoms with E-state index in [0.717, 1.165) is 0 Å². The van der Waals surface area contributed by atoms with Crippen LogP contribution in [-0.2, 0) is 16.1 Å². The Morgan fingerprint density at radius 1 is 1.44 bits per heavy atom. The third-order valence-electron chi connectivity index (χ3n) is 2.06. The monoisotopic (exact) mass is 226 g/mol. The summed E-state index contributed by atoms with van der Waals surface area (Å²) >= 11 is 0. The Labute approximate surface area is 93.7 Å². The maximum atomic E-state index is 13.7. The van der Waals surface area contributed by atoms with E-state index in [1.165, 1.54) is 6.07 Å². The van der Waals surface area contributed by atoms with Crippen molar-refractivity contribution < 1.29 is 13.9 Å². The molecule has 16 heavy (non-hydrogen) atoms. The van der Waals surface area contributed by atoms with Gasteiger partial charge in [0.05, 0.1) is 25.4 Å². The van der Waals surface area contributed by atoms with Crippen LogP contribution in [0.2, 0.25) is 0 Å². The highest BCUT2D eigenvalue weighted by Gasteiger charge is 2.09. The molecule has 0 amide bonds. The first kappa shape index (κ1) is 12.6. The molecule has 0 aromatic heterocycles. The van der Waals surface area contributed by atoms with Gasteiger partial charge in [0, 0.05) is 12.7 Å². The van der Waals surface area contributed by atoms with Crippen molar-refractivity contribution in [1.82, 2.24) is 0 Å². The van der Waals surface area contributed by atoms with Crippen LogP contribution in [0.3, 0.4) is 0 Å². The minimum Gasteiger partial charge on any atom is -0.384 e. The Morgan fingerprint density at radius 2 is 2.19 bits per heavy atom. The summed E-state index contributed by atoms with van der Waals surface area (Å²) in [6.07, 6.45) is 0. The van der Waals surface area contributed by atoms with E-state index in [4.69, 9.17) is 20.6 Å². The molecule has 5 heteroatoms. The molecule has 0 radical (unpaired) electrons. The number of benzene rings is 1. The van der Waals surface area contributed by atoms with Gasteiger partial charge in [0.15, 0.2) is 0 Å². The highest BCUT2D eigenvalue weighted by Crippen LogP contribution is 2.13. The Balaban J connectivity index is 2.66. The van der Waals surface area contributed by atoms with E-state index in [-0.39, 0.29) is 18.0 Å². The zero-order valence-electron chi connectivity index (χ0n) is 9.13. The second kappa shape index (κ2) is 6.19. The molecule has 0 saturated carbocycles. The number of hydrogen-bond donors (Lipinski definition) is 2. The minimum atomic E-state index is -0.493. The lowest BCUT2D eigenvalue weighted by Crippen LogP contribution is -2.14. The molecule has 0 aliphatic heterocycles. The molecule has 0 aliphatic rings. The molecule has 3 N–H and O–H groups in total. The lowest BCUT2D eigenvalue weighted by molar-refractivity contribution is 0.0604. The summed E-state index contributed by atoms with van der Waals surface area (Å²) in [5.74, 6) is -0.774. The number of rotatable bonds is 6. The van der Waals surface area contributed by atoms with Crippen molar-refractivity contribution in [2.45, 2.75) is 6.61 Å².